The first-order chi connectivity index (χ1) is 20.7. The van der Waals surface area contributed by atoms with E-state index in [2.05, 4.69) is 5.16 Å². The van der Waals surface area contributed by atoms with Crippen molar-refractivity contribution in [3.63, 3.8) is 0 Å². The second kappa shape index (κ2) is 11.9. The number of ether oxygens (including phenoxy) is 2. The van der Waals surface area contributed by atoms with Crippen LogP contribution in [0.1, 0.15) is 45.4 Å². The van der Waals surface area contributed by atoms with Crippen LogP contribution in [0, 0.1) is 11.6 Å². The van der Waals surface area contributed by atoms with E-state index in [9.17, 15) is 28.3 Å². The number of hydrogen-bond acceptors (Lipinski definition) is 7. The van der Waals surface area contributed by atoms with Crippen molar-refractivity contribution in [3.05, 3.63) is 76.0 Å². The van der Waals surface area contributed by atoms with Crippen LogP contribution in [0.4, 0.5) is 13.6 Å². The predicted molar refractivity (Wildman–Crippen MR) is 155 cm³/mol. The molecule has 2 bridgehead atoms. The highest BCUT2D eigenvalue weighted by Crippen LogP contribution is 2.40. The van der Waals surface area contributed by atoms with Gasteiger partial charge in [-0.2, -0.15) is 0 Å². The number of rotatable bonds is 6. The number of aliphatic carboxylic acids is 1. The summed E-state index contributed by atoms with van der Waals surface area (Å²) in [5.74, 6) is -2.29. The maximum Gasteiger partial charge on any atom is 0.411 e. The molecule has 0 aliphatic carbocycles. The summed E-state index contributed by atoms with van der Waals surface area (Å²) in [6.45, 7) is 6.80. The number of halogens is 3. The van der Waals surface area contributed by atoms with E-state index in [0.717, 1.165) is 12.1 Å². The van der Waals surface area contributed by atoms with Crippen LogP contribution >= 0.6 is 11.6 Å². The molecule has 0 radical (unpaired) electrons. The number of aromatic nitrogens is 1. The molecule has 2 aromatic carbocycles. The Bertz CT molecular complexity index is 1650. The molecule has 2 unspecified atom stereocenters. The van der Waals surface area contributed by atoms with Crippen LogP contribution in [-0.2, 0) is 20.9 Å². The molecule has 44 heavy (non-hydrogen) atoms. The van der Waals surface area contributed by atoms with Crippen molar-refractivity contribution in [1.82, 2.24) is 15.0 Å². The number of carboxylic acid groups (broad SMARTS) is 1. The molecule has 10 nitrogen and oxygen atoms in total. The molecule has 3 heterocycles. The smallest absolute Gasteiger partial charge is 0.411 e. The molecule has 2 atom stereocenters. The van der Waals surface area contributed by atoms with E-state index < -0.39 is 46.4 Å². The highest BCUT2D eigenvalue weighted by atomic mass is 35.5. The fraction of sp³-hybridized carbons (Fsp3) is 0.355. The van der Waals surface area contributed by atoms with E-state index in [-0.39, 0.29) is 54.6 Å². The second-order valence-corrected chi connectivity index (χ2v) is 12.0. The van der Waals surface area contributed by atoms with E-state index in [1.54, 1.807) is 49.9 Å². The molecule has 3 aromatic rings. The van der Waals surface area contributed by atoms with Gasteiger partial charge in [0.15, 0.2) is 5.76 Å². The number of amides is 2. The molecule has 5 rings (SSSR count). The normalized spacial score (nSPS) is 18.3. The Kier molecular flexibility index (Phi) is 8.39. The molecule has 0 saturated carbocycles. The molecule has 1 N–H and O–H groups in total. The zero-order valence-corrected chi connectivity index (χ0v) is 25.2. The summed E-state index contributed by atoms with van der Waals surface area (Å²) in [4.78, 5) is 41.1. The zero-order valence-electron chi connectivity index (χ0n) is 24.4. The number of carbonyl (C=O) groups excluding carboxylic acids is 2. The van der Waals surface area contributed by atoms with Crippen LogP contribution in [0.25, 0.3) is 16.8 Å². The van der Waals surface area contributed by atoms with Crippen LogP contribution < -0.4 is 4.74 Å². The summed E-state index contributed by atoms with van der Waals surface area (Å²) in [5.41, 5.74) is 0.205. The average molecular weight is 630 g/mol. The lowest BCUT2D eigenvalue weighted by Gasteiger charge is -2.50. The fourth-order valence-corrected chi connectivity index (χ4v) is 5.72. The van der Waals surface area contributed by atoms with Gasteiger partial charge in [-0.15, -0.1) is 0 Å². The molecule has 2 amide bonds. The summed E-state index contributed by atoms with van der Waals surface area (Å²) >= 11 is 5.91. The molecule has 0 spiro atoms. The molecule has 2 aliphatic rings. The Labute approximate surface area is 256 Å². The van der Waals surface area contributed by atoms with Gasteiger partial charge < -0.3 is 24.0 Å². The van der Waals surface area contributed by atoms with Gasteiger partial charge in [0.25, 0.3) is 0 Å². The van der Waals surface area contributed by atoms with Gasteiger partial charge in [-0.05, 0) is 62.6 Å². The highest BCUT2D eigenvalue weighted by molar-refractivity contribution is 6.33. The minimum Gasteiger partial charge on any atom is -0.486 e. The van der Waals surface area contributed by atoms with E-state index in [1.807, 2.05) is 0 Å². The third-order valence-electron chi connectivity index (χ3n) is 7.37. The van der Waals surface area contributed by atoms with Gasteiger partial charge >= 0.3 is 12.1 Å². The van der Waals surface area contributed by atoms with E-state index >= 15 is 0 Å². The van der Waals surface area contributed by atoms with Crippen LogP contribution in [-0.4, -0.2) is 68.8 Å². The predicted octanol–water partition coefficient (Wildman–Crippen LogP) is 5.93. The number of benzene rings is 2. The highest BCUT2D eigenvalue weighted by Gasteiger charge is 2.48. The third-order valence-corrected chi connectivity index (χ3v) is 7.74. The van der Waals surface area contributed by atoms with Crippen molar-refractivity contribution >= 4 is 35.1 Å². The van der Waals surface area contributed by atoms with Crippen molar-refractivity contribution in [2.24, 2.45) is 0 Å². The molecule has 232 valence electrons. The number of fused-ring (bicyclic) bond motifs is 2. The number of hydrogen-bond donors (Lipinski definition) is 1. The molecular formula is C31H30ClF2N3O7. The lowest BCUT2D eigenvalue weighted by Crippen LogP contribution is -2.65. The van der Waals surface area contributed by atoms with Gasteiger partial charge in [-0.3, -0.25) is 9.69 Å². The van der Waals surface area contributed by atoms with Crippen molar-refractivity contribution in [2.75, 3.05) is 13.1 Å². The Balaban J connectivity index is 1.37. The Morgan fingerprint density at radius 1 is 1.09 bits per heavy atom. The van der Waals surface area contributed by atoms with Gasteiger partial charge in [-0.25, -0.2) is 18.4 Å². The Hall–Kier alpha value is -4.45. The van der Waals surface area contributed by atoms with Crippen LogP contribution in [0.5, 0.6) is 5.75 Å². The first-order valence-corrected chi connectivity index (χ1v) is 14.2. The fourth-order valence-electron chi connectivity index (χ4n) is 5.47. The Morgan fingerprint density at radius 2 is 1.77 bits per heavy atom. The summed E-state index contributed by atoms with van der Waals surface area (Å²) in [6.07, 6.45) is -0.434. The summed E-state index contributed by atoms with van der Waals surface area (Å²) in [7, 11) is 0. The zero-order chi connectivity index (χ0) is 31.9. The van der Waals surface area contributed by atoms with Crippen molar-refractivity contribution in [3.8, 4) is 17.0 Å². The standard InChI is InChI=1S/C31H30ClF2N3O7/c1-16(38)36-13-18-11-21(26(29(39)40)25(14-36)37(18)30(41)43-31(2,3)4)17-5-7-19(8-6-17)42-15-20-12-24(35-44-20)27-22(33)9-10-23(34)28(27)32/h5-10,12,18,25H,11,13-15H2,1-4H3,(H,39,40). The van der Waals surface area contributed by atoms with E-state index in [1.165, 1.54) is 17.9 Å². The van der Waals surface area contributed by atoms with Gasteiger partial charge in [0.05, 0.1) is 28.2 Å². The van der Waals surface area contributed by atoms with Crippen molar-refractivity contribution < 1.29 is 42.3 Å². The number of carboxylic acids is 1. The third kappa shape index (κ3) is 6.26. The number of carbonyl (C=O) groups is 3. The molecule has 1 fully saturated rings. The average Bonchev–Trinajstić information content (AvgIpc) is 3.40. The quantitative estimate of drug-likeness (QED) is 0.333. The minimum atomic E-state index is -1.20. The monoisotopic (exact) mass is 629 g/mol. The van der Waals surface area contributed by atoms with Gasteiger partial charge in [0.1, 0.15) is 35.3 Å². The van der Waals surface area contributed by atoms with Gasteiger partial charge in [0.2, 0.25) is 5.91 Å². The number of nitrogens with zero attached hydrogens (tertiary/aromatic N) is 3. The largest absolute Gasteiger partial charge is 0.486 e. The van der Waals surface area contributed by atoms with E-state index in [4.69, 9.17) is 25.6 Å². The molecule has 2 aliphatic heterocycles. The summed E-state index contributed by atoms with van der Waals surface area (Å²) in [5, 5.41) is 13.7. The second-order valence-electron chi connectivity index (χ2n) is 11.6. The molecule has 13 heteroatoms. The van der Waals surface area contributed by atoms with Crippen molar-refractivity contribution in [2.45, 2.75) is 58.4 Å². The summed E-state index contributed by atoms with van der Waals surface area (Å²) in [6, 6.07) is 8.60. The SMILES string of the molecule is CC(=O)N1CC2CC(c3ccc(OCc4cc(-c5c(F)ccc(F)c5Cl)no4)cc3)=C(C(=O)O)C(C1)N2C(=O)OC(C)(C)C. The molecular weight excluding hydrogens is 600 g/mol. The Morgan fingerprint density at radius 3 is 2.41 bits per heavy atom. The molecule has 1 saturated heterocycles. The maximum atomic E-state index is 14.3. The van der Waals surface area contributed by atoms with Crippen molar-refractivity contribution in [1.29, 1.82) is 0 Å². The molecule has 1 aromatic heterocycles. The van der Waals surface area contributed by atoms with Gasteiger partial charge in [-0.1, -0.05) is 28.9 Å². The van der Waals surface area contributed by atoms with Crippen LogP contribution in [0.15, 0.2) is 52.6 Å². The minimum absolute atomic E-state index is 0.0145. The van der Waals surface area contributed by atoms with Crippen LogP contribution in [0.2, 0.25) is 5.02 Å². The van der Waals surface area contributed by atoms with E-state index in [0.29, 0.717) is 16.9 Å². The van der Waals surface area contributed by atoms with Gasteiger partial charge in [0, 0.05) is 26.1 Å². The summed E-state index contributed by atoms with van der Waals surface area (Å²) < 4.78 is 44.7. The first kappa shape index (κ1) is 31.0. The lowest BCUT2D eigenvalue weighted by atomic mass is 9.82. The topological polar surface area (TPSA) is 122 Å². The first-order valence-electron chi connectivity index (χ1n) is 13.8. The number of piperazine rings is 1. The van der Waals surface area contributed by atoms with Crippen LogP contribution in [0.3, 0.4) is 0 Å². The lowest BCUT2D eigenvalue weighted by molar-refractivity contribution is -0.137. The maximum absolute atomic E-state index is 14.3.